The lowest BCUT2D eigenvalue weighted by molar-refractivity contribution is -0.134. The second-order valence-electron chi connectivity index (χ2n) is 2.85. The number of hydrazone groups is 1. The molecule has 5 nitrogen and oxygen atoms in total. The number of nitrogens with one attached hydrogen (secondary N) is 1. The van der Waals surface area contributed by atoms with Gasteiger partial charge >= 0.3 is 5.97 Å². The zero-order valence-electron chi connectivity index (χ0n) is 9.27. The molecule has 1 aromatic rings. The summed E-state index contributed by atoms with van der Waals surface area (Å²) in [6.45, 7) is 2.08. The number of hydrogen-bond donors (Lipinski definition) is 1. The molecule has 0 aliphatic rings. The van der Waals surface area contributed by atoms with E-state index < -0.39 is 5.97 Å². The third kappa shape index (κ3) is 4.00. The molecule has 5 heteroatoms. The average molecular weight is 222 g/mol. The highest BCUT2D eigenvalue weighted by Crippen LogP contribution is 2.14. The van der Waals surface area contributed by atoms with Gasteiger partial charge in [-0.3, -0.25) is 5.43 Å². The highest BCUT2D eigenvalue weighted by Gasteiger charge is 1.94. The molecule has 86 valence electrons. The van der Waals surface area contributed by atoms with Gasteiger partial charge in [-0.25, -0.2) is 4.79 Å². The van der Waals surface area contributed by atoms with E-state index in [2.05, 4.69) is 15.3 Å². The SMILES string of the molecule is CCOC(=O)C=NNc1ccc(OC)cc1. The number of hydrogen-bond acceptors (Lipinski definition) is 5. The van der Waals surface area contributed by atoms with Crippen molar-refractivity contribution in [1.29, 1.82) is 0 Å². The summed E-state index contributed by atoms with van der Waals surface area (Å²) in [5.74, 6) is 0.295. The molecule has 0 radical (unpaired) electrons. The molecule has 0 aliphatic heterocycles. The molecule has 1 N–H and O–H groups in total. The lowest BCUT2D eigenvalue weighted by atomic mass is 10.3. The highest BCUT2D eigenvalue weighted by molar-refractivity contribution is 6.23. The van der Waals surface area contributed by atoms with Crippen LogP contribution in [0.2, 0.25) is 0 Å². The number of anilines is 1. The summed E-state index contributed by atoms with van der Waals surface area (Å²) in [4.78, 5) is 10.9. The summed E-state index contributed by atoms with van der Waals surface area (Å²) in [5, 5.41) is 3.73. The fourth-order valence-electron chi connectivity index (χ4n) is 1.00. The van der Waals surface area contributed by atoms with Gasteiger partial charge in [0, 0.05) is 0 Å². The van der Waals surface area contributed by atoms with Gasteiger partial charge in [-0.05, 0) is 31.2 Å². The molecule has 0 unspecified atom stereocenters. The summed E-state index contributed by atoms with van der Waals surface area (Å²) in [6.07, 6.45) is 1.09. The van der Waals surface area contributed by atoms with Crippen molar-refractivity contribution in [3.8, 4) is 5.75 Å². The van der Waals surface area contributed by atoms with Crippen molar-refractivity contribution in [3.63, 3.8) is 0 Å². The molecule has 16 heavy (non-hydrogen) atoms. The zero-order valence-corrected chi connectivity index (χ0v) is 9.27. The first-order valence-electron chi connectivity index (χ1n) is 4.86. The summed E-state index contributed by atoms with van der Waals surface area (Å²) in [5.41, 5.74) is 3.46. The molecule has 1 aromatic carbocycles. The number of esters is 1. The van der Waals surface area contributed by atoms with E-state index in [0.29, 0.717) is 6.61 Å². The van der Waals surface area contributed by atoms with Gasteiger partial charge in [0.1, 0.15) is 12.0 Å². The molecule has 0 atom stereocenters. The van der Waals surface area contributed by atoms with Crippen LogP contribution in [0.1, 0.15) is 6.92 Å². The van der Waals surface area contributed by atoms with Crippen molar-refractivity contribution in [2.24, 2.45) is 5.10 Å². The molecular weight excluding hydrogens is 208 g/mol. The lowest BCUT2D eigenvalue weighted by Crippen LogP contribution is -2.06. The number of rotatable bonds is 5. The number of nitrogens with zero attached hydrogens (tertiary/aromatic N) is 1. The number of benzene rings is 1. The minimum Gasteiger partial charge on any atom is -0.497 e. The van der Waals surface area contributed by atoms with Crippen LogP contribution in [0.3, 0.4) is 0 Å². The highest BCUT2D eigenvalue weighted by atomic mass is 16.5. The molecule has 0 spiro atoms. The molecule has 0 fully saturated rings. The first-order chi connectivity index (χ1) is 7.76. The van der Waals surface area contributed by atoms with Crippen molar-refractivity contribution in [1.82, 2.24) is 0 Å². The topological polar surface area (TPSA) is 59.9 Å². The second kappa shape index (κ2) is 6.44. The minimum absolute atomic E-state index is 0.341. The third-order valence-electron chi connectivity index (χ3n) is 1.74. The van der Waals surface area contributed by atoms with E-state index in [1.807, 2.05) is 0 Å². The Kier molecular flexibility index (Phi) is 4.85. The Hall–Kier alpha value is -2.04. The maximum atomic E-state index is 10.9. The number of carbonyl (C=O) groups excluding carboxylic acids is 1. The molecule has 0 heterocycles. The van der Waals surface area contributed by atoms with Crippen LogP contribution in [0.25, 0.3) is 0 Å². The second-order valence-corrected chi connectivity index (χ2v) is 2.85. The Morgan fingerprint density at radius 1 is 1.44 bits per heavy atom. The van der Waals surface area contributed by atoms with Crippen LogP contribution in [0.5, 0.6) is 5.75 Å². The van der Waals surface area contributed by atoms with Gasteiger partial charge in [0.25, 0.3) is 0 Å². The van der Waals surface area contributed by atoms with E-state index in [0.717, 1.165) is 17.7 Å². The molecule has 0 saturated carbocycles. The Morgan fingerprint density at radius 3 is 2.69 bits per heavy atom. The smallest absolute Gasteiger partial charge is 0.351 e. The predicted octanol–water partition coefficient (Wildman–Crippen LogP) is 1.66. The minimum atomic E-state index is -0.469. The zero-order chi connectivity index (χ0) is 11.8. The standard InChI is InChI=1S/C11H14N2O3/c1-3-16-11(14)8-12-13-9-4-6-10(15-2)7-5-9/h4-8,13H,3H2,1-2H3. The van der Waals surface area contributed by atoms with Gasteiger partial charge < -0.3 is 9.47 Å². The average Bonchev–Trinajstić information content (AvgIpc) is 2.30. The van der Waals surface area contributed by atoms with Gasteiger partial charge in [-0.1, -0.05) is 0 Å². The fourth-order valence-corrected chi connectivity index (χ4v) is 1.00. The quantitative estimate of drug-likeness (QED) is 0.467. The number of ether oxygens (including phenoxy) is 2. The van der Waals surface area contributed by atoms with E-state index in [9.17, 15) is 4.79 Å². The van der Waals surface area contributed by atoms with Crippen LogP contribution >= 0.6 is 0 Å². The normalized spacial score (nSPS) is 10.1. The monoisotopic (exact) mass is 222 g/mol. The lowest BCUT2D eigenvalue weighted by Gasteiger charge is -2.02. The van der Waals surface area contributed by atoms with Crippen LogP contribution < -0.4 is 10.2 Å². The van der Waals surface area contributed by atoms with Crippen molar-refractivity contribution in [3.05, 3.63) is 24.3 Å². The van der Waals surface area contributed by atoms with Crippen LogP contribution in [-0.4, -0.2) is 25.9 Å². The fraction of sp³-hybridized carbons (Fsp3) is 0.273. The van der Waals surface area contributed by atoms with Crippen molar-refractivity contribution in [2.75, 3.05) is 19.1 Å². The summed E-state index contributed by atoms with van der Waals surface area (Å²) in [6, 6.07) is 7.17. The van der Waals surface area contributed by atoms with Crippen LogP contribution in [0.4, 0.5) is 5.69 Å². The number of methoxy groups -OCH3 is 1. The Labute approximate surface area is 94.1 Å². The van der Waals surface area contributed by atoms with E-state index in [1.54, 1.807) is 38.3 Å². The molecule has 1 rings (SSSR count). The van der Waals surface area contributed by atoms with Crippen molar-refractivity contribution in [2.45, 2.75) is 6.92 Å². The molecule has 0 saturated heterocycles. The van der Waals surface area contributed by atoms with E-state index in [4.69, 9.17) is 4.74 Å². The Balaban J connectivity index is 2.45. The van der Waals surface area contributed by atoms with Crippen molar-refractivity contribution < 1.29 is 14.3 Å². The predicted molar refractivity (Wildman–Crippen MR) is 61.7 cm³/mol. The molecule has 0 aromatic heterocycles. The van der Waals surface area contributed by atoms with E-state index >= 15 is 0 Å². The van der Waals surface area contributed by atoms with Gasteiger partial charge in [-0.15, -0.1) is 0 Å². The van der Waals surface area contributed by atoms with Crippen LogP contribution in [0, 0.1) is 0 Å². The van der Waals surface area contributed by atoms with E-state index in [1.165, 1.54) is 0 Å². The van der Waals surface area contributed by atoms with Crippen molar-refractivity contribution >= 4 is 17.9 Å². The van der Waals surface area contributed by atoms with E-state index in [-0.39, 0.29) is 0 Å². The summed E-state index contributed by atoms with van der Waals surface area (Å²) < 4.78 is 9.67. The first-order valence-corrected chi connectivity index (χ1v) is 4.86. The third-order valence-corrected chi connectivity index (χ3v) is 1.74. The molecular formula is C11H14N2O3. The largest absolute Gasteiger partial charge is 0.497 e. The van der Waals surface area contributed by atoms with Crippen LogP contribution in [-0.2, 0) is 9.53 Å². The summed E-state index contributed by atoms with van der Waals surface area (Å²) >= 11 is 0. The maximum absolute atomic E-state index is 10.9. The van der Waals surface area contributed by atoms with Gasteiger partial charge in [0.15, 0.2) is 0 Å². The van der Waals surface area contributed by atoms with Crippen LogP contribution in [0.15, 0.2) is 29.4 Å². The Bertz CT molecular complexity index is 360. The van der Waals surface area contributed by atoms with Gasteiger partial charge in [-0.2, -0.15) is 5.10 Å². The Morgan fingerprint density at radius 2 is 2.12 bits per heavy atom. The molecule has 0 bridgehead atoms. The van der Waals surface area contributed by atoms with Gasteiger partial charge in [0.2, 0.25) is 0 Å². The summed E-state index contributed by atoms with van der Waals surface area (Å²) in [7, 11) is 1.60. The maximum Gasteiger partial charge on any atom is 0.351 e. The molecule has 0 amide bonds. The van der Waals surface area contributed by atoms with Gasteiger partial charge in [0.05, 0.1) is 19.4 Å². The first kappa shape index (κ1) is 12.0. The number of carbonyl (C=O) groups is 1. The molecule has 0 aliphatic carbocycles.